The molecule has 0 atom stereocenters. The fraction of sp³-hybridized carbons (Fsp3) is 0.500. The van der Waals surface area contributed by atoms with Crippen LogP contribution < -0.4 is 0 Å². The first-order valence-corrected chi connectivity index (χ1v) is 7.83. The molecule has 1 fully saturated rings. The van der Waals surface area contributed by atoms with Gasteiger partial charge in [0.1, 0.15) is 11.9 Å². The van der Waals surface area contributed by atoms with Crippen molar-refractivity contribution in [2.75, 3.05) is 0 Å². The lowest BCUT2D eigenvalue weighted by molar-refractivity contribution is -0.0800. The molecule has 1 aliphatic rings. The van der Waals surface area contributed by atoms with Gasteiger partial charge in [-0.3, -0.25) is 0 Å². The number of nitriles is 1. The van der Waals surface area contributed by atoms with Gasteiger partial charge >= 0.3 is 6.18 Å². The summed E-state index contributed by atoms with van der Waals surface area (Å²) in [5.74, 6) is 0.232. The molecule has 0 N–H and O–H groups in total. The van der Waals surface area contributed by atoms with E-state index in [4.69, 9.17) is 5.26 Å². The van der Waals surface area contributed by atoms with E-state index in [0.717, 1.165) is 37.7 Å². The number of nitrogens with zero attached hydrogens (tertiary/aromatic N) is 1. The highest BCUT2D eigenvalue weighted by Crippen LogP contribution is 2.38. The molecule has 0 aliphatic heterocycles. The monoisotopic (exact) mass is 325 g/mol. The Morgan fingerprint density at radius 3 is 2.43 bits per heavy atom. The zero-order valence-corrected chi connectivity index (χ0v) is 12.7. The van der Waals surface area contributed by atoms with Crippen LogP contribution in [-0.2, 0) is 0 Å². The quantitative estimate of drug-likeness (QED) is 0.501. The molecule has 124 valence electrons. The van der Waals surface area contributed by atoms with Gasteiger partial charge in [-0.05, 0) is 68.1 Å². The van der Waals surface area contributed by atoms with E-state index in [1.54, 1.807) is 6.07 Å². The number of halogens is 4. The smallest absolute Gasteiger partial charge is 0.206 e. The van der Waals surface area contributed by atoms with E-state index in [9.17, 15) is 17.6 Å². The Balaban J connectivity index is 1.81. The average Bonchev–Trinajstić information content (AvgIpc) is 2.51. The molecule has 0 heterocycles. The Morgan fingerprint density at radius 1 is 1.17 bits per heavy atom. The molecule has 0 aromatic heterocycles. The fourth-order valence-electron chi connectivity index (χ4n) is 3.21. The Hall–Kier alpha value is -1.83. The number of hydrogen-bond acceptors (Lipinski definition) is 1. The van der Waals surface area contributed by atoms with Crippen LogP contribution in [-0.4, -0.2) is 6.18 Å². The maximum atomic E-state index is 13.7. The number of alkyl halides is 3. The minimum absolute atomic E-state index is 0.0545. The van der Waals surface area contributed by atoms with Crippen molar-refractivity contribution in [3.8, 4) is 6.07 Å². The predicted octanol–water partition coefficient (Wildman–Crippen LogP) is 5.87. The van der Waals surface area contributed by atoms with Gasteiger partial charge in [-0.25, -0.2) is 4.39 Å². The SMILES string of the molecule is N#Cc1ccc(C2CCC(CC/C=C/C(F)(F)F)CC2)cc1F. The Morgan fingerprint density at radius 2 is 1.87 bits per heavy atom. The van der Waals surface area contributed by atoms with Crippen molar-refractivity contribution in [1.82, 2.24) is 0 Å². The molecule has 0 saturated heterocycles. The van der Waals surface area contributed by atoms with E-state index in [-0.39, 0.29) is 11.5 Å². The van der Waals surface area contributed by atoms with Crippen LogP contribution in [0, 0.1) is 23.1 Å². The molecular weight excluding hydrogens is 306 g/mol. The lowest BCUT2D eigenvalue weighted by Gasteiger charge is -2.28. The third kappa shape index (κ3) is 5.38. The number of hydrogen-bond donors (Lipinski definition) is 0. The molecule has 0 bridgehead atoms. The predicted molar refractivity (Wildman–Crippen MR) is 80.2 cm³/mol. The summed E-state index contributed by atoms with van der Waals surface area (Å²) in [4.78, 5) is 0. The highest BCUT2D eigenvalue weighted by molar-refractivity contribution is 5.34. The van der Waals surface area contributed by atoms with Crippen LogP contribution in [0.2, 0.25) is 0 Å². The second-order valence-electron chi connectivity index (χ2n) is 6.09. The minimum atomic E-state index is -4.22. The van der Waals surface area contributed by atoms with Crippen LogP contribution in [0.5, 0.6) is 0 Å². The first kappa shape index (κ1) is 17.5. The second kappa shape index (κ2) is 7.63. The summed E-state index contributed by atoms with van der Waals surface area (Å²) in [6.07, 6.45) is 2.22. The molecule has 2 rings (SSSR count). The number of allylic oxidation sites excluding steroid dienone is 2. The van der Waals surface area contributed by atoms with E-state index in [0.29, 0.717) is 18.4 Å². The Kier molecular flexibility index (Phi) is 5.81. The summed E-state index contributed by atoms with van der Waals surface area (Å²) in [7, 11) is 0. The third-order valence-corrected chi connectivity index (χ3v) is 4.48. The Labute approximate surface area is 133 Å². The highest BCUT2D eigenvalue weighted by atomic mass is 19.4. The van der Waals surface area contributed by atoms with Crippen molar-refractivity contribution in [2.45, 2.75) is 50.6 Å². The largest absolute Gasteiger partial charge is 0.409 e. The highest BCUT2D eigenvalue weighted by Gasteiger charge is 2.24. The molecule has 0 radical (unpaired) electrons. The van der Waals surface area contributed by atoms with Crippen molar-refractivity contribution in [3.63, 3.8) is 0 Å². The van der Waals surface area contributed by atoms with E-state index < -0.39 is 12.0 Å². The van der Waals surface area contributed by atoms with Crippen molar-refractivity contribution in [3.05, 3.63) is 47.3 Å². The van der Waals surface area contributed by atoms with Gasteiger partial charge in [-0.1, -0.05) is 12.1 Å². The van der Waals surface area contributed by atoms with Crippen LogP contribution in [0.3, 0.4) is 0 Å². The second-order valence-corrected chi connectivity index (χ2v) is 6.09. The van der Waals surface area contributed by atoms with Crippen LogP contribution >= 0.6 is 0 Å². The molecule has 0 unspecified atom stereocenters. The minimum Gasteiger partial charge on any atom is -0.206 e. The average molecular weight is 325 g/mol. The third-order valence-electron chi connectivity index (χ3n) is 4.48. The molecule has 1 saturated carbocycles. The molecule has 23 heavy (non-hydrogen) atoms. The zero-order chi connectivity index (χ0) is 16.9. The molecule has 1 aromatic carbocycles. The maximum absolute atomic E-state index is 13.7. The topological polar surface area (TPSA) is 23.8 Å². The lowest BCUT2D eigenvalue weighted by atomic mass is 9.77. The number of rotatable bonds is 4. The summed E-state index contributed by atoms with van der Waals surface area (Å²) in [6, 6.07) is 6.57. The fourth-order valence-corrected chi connectivity index (χ4v) is 3.21. The van der Waals surface area contributed by atoms with E-state index in [2.05, 4.69) is 0 Å². The molecule has 5 heteroatoms. The molecule has 1 aliphatic carbocycles. The molecule has 0 amide bonds. The van der Waals surface area contributed by atoms with Gasteiger partial charge in [0, 0.05) is 6.08 Å². The van der Waals surface area contributed by atoms with Crippen molar-refractivity contribution < 1.29 is 17.6 Å². The zero-order valence-electron chi connectivity index (χ0n) is 12.7. The van der Waals surface area contributed by atoms with Gasteiger partial charge in [0.15, 0.2) is 0 Å². The van der Waals surface area contributed by atoms with E-state index in [1.807, 2.05) is 6.07 Å². The van der Waals surface area contributed by atoms with Crippen molar-refractivity contribution in [1.29, 1.82) is 5.26 Å². The summed E-state index contributed by atoms with van der Waals surface area (Å²) in [5.41, 5.74) is 0.968. The summed E-state index contributed by atoms with van der Waals surface area (Å²) >= 11 is 0. The normalized spacial score (nSPS) is 22.2. The van der Waals surface area contributed by atoms with Crippen LogP contribution in [0.25, 0.3) is 0 Å². The van der Waals surface area contributed by atoms with Crippen LogP contribution in [0.4, 0.5) is 17.6 Å². The van der Waals surface area contributed by atoms with Gasteiger partial charge < -0.3 is 0 Å². The first-order chi connectivity index (χ1) is 10.9. The van der Waals surface area contributed by atoms with Gasteiger partial charge in [0.25, 0.3) is 0 Å². The van der Waals surface area contributed by atoms with E-state index in [1.165, 1.54) is 18.2 Å². The molecule has 1 aromatic rings. The number of benzene rings is 1. The molecule has 1 nitrogen and oxygen atoms in total. The maximum Gasteiger partial charge on any atom is 0.409 e. The lowest BCUT2D eigenvalue weighted by Crippen LogP contribution is -2.13. The first-order valence-electron chi connectivity index (χ1n) is 7.83. The van der Waals surface area contributed by atoms with Gasteiger partial charge in [0.05, 0.1) is 5.56 Å². The van der Waals surface area contributed by atoms with Gasteiger partial charge in [-0.2, -0.15) is 18.4 Å². The van der Waals surface area contributed by atoms with Crippen molar-refractivity contribution >= 4 is 0 Å². The van der Waals surface area contributed by atoms with Gasteiger partial charge in [-0.15, -0.1) is 0 Å². The van der Waals surface area contributed by atoms with E-state index >= 15 is 0 Å². The van der Waals surface area contributed by atoms with Crippen LogP contribution in [0.15, 0.2) is 30.4 Å². The summed E-state index contributed by atoms with van der Waals surface area (Å²) in [6.45, 7) is 0. The van der Waals surface area contributed by atoms with Crippen LogP contribution in [0.1, 0.15) is 55.6 Å². The van der Waals surface area contributed by atoms with Gasteiger partial charge in [0.2, 0.25) is 0 Å². The summed E-state index contributed by atoms with van der Waals surface area (Å²) in [5, 5.41) is 8.74. The standard InChI is InChI=1S/C18H19F4N/c19-17-11-15(8-9-16(17)12-23)14-6-4-13(5-7-14)3-1-2-10-18(20,21)22/h2,8-11,13-14H,1,3-7H2/b10-2+. The molecule has 0 spiro atoms. The summed E-state index contributed by atoms with van der Waals surface area (Å²) < 4.78 is 49.7. The van der Waals surface area contributed by atoms with Crippen molar-refractivity contribution in [2.24, 2.45) is 5.92 Å². The molecular formula is C18H19F4N. The Bertz CT molecular complexity index is 590.